The van der Waals surface area contributed by atoms with Crippen molar-refractivity contribution >= 4 is 27.2 Å². The number of hydrogen-bond donors (Lipinski definition) is 1. The molecule has 1 unspecified atom stereocenters. The normalized spacial score (nSPS) is 18.2. The zero-order valence-electron chi connectivity index (χ0n) is 14.0. The summed E-state index contributed by atoms with van der Waals surface area (Å²) < 4.78 is 63.6. The summed E-state index contributed by atoms with van der Waals surface area (Å²) in [6, 6.07) is 5.18. The second-order valence-corrected chi connectivity index (χ2v) is 8.18. The molecular formula is C17H15ClF3N3O2S. The summed E-state index contributed by atoms with van der Waals surface area (Å²) in [5.74, 6) is 0.144. The molecule has 1 aromatic heterocycles. The van der Waals surface area contributed by atoms with E-state index in [2.05, 4.69) is 4.98 Å². The van der Waals surface area contributed by atoms with E-state index in [1.807, 2.05) is 6.92 Å². The maximum atomic E-state index is 13.2. The van der Waals surface area contributed by atoms with Crippen LogP contribution in [0, 0.1) is 5.92 Å². The lowest BCUT2D eigenvalue weighted by Gasteiger charge is -2.16. The minimum Gasteiger partial charge on any atom is -0.299 e. The van der Waals surface area contributed by atoms with E-state index in [0.29, 0.717) is 22.7 Å². The molecule has 0 amide bonds. The third-order valence-corrected chi connectivity index (χ3v) is 5.56. The fourth-order valence-corrected chi connectivity index (χ4v) is 3.36. The largest absolute Gasteiger partial charge is 0.434 e. The van der Waals surface area contributed by atoms with Gasteiger partial charge in [-0.2, -0.15) is 13.2 Å². The first-order valence-corrected chi connectivity index (χ1v) is 9.76. The summed E-state index contributed by atoms with van der Waals surface area (Å²) >= 11 is 6.16. The van der Waals surface area contributed by atoms with Gasteiger partial charge in [0.25, 0.3) is 0 Å². The molecule has 144 valence electrons. The molecule has 10 heteroatoms. The number of halogens is 4. The molecule has 1 aromatic carbocycles. The minimum atomic E-state index is -4.63. The number of imidazole rings is 1. The molecule has 1 heterocycles. The van der Waals surface area contributed by atoms with Crippen molar-refractivity contribution in [2.24, 2.45) is 11.1 Å². The van der Waals surface area contributed by atoms with Gasteiger partial charge in [0.15, 0.2) is 5.69 Å². The third kappa shape index (κ3) is 4.10. The highest BCUT2D eigenvalue weighted by atomic mass is 35.5. The Morgan fingerprint density at radius 1 is 1.26 bits per heavy atom. The summed E-state index contributed by atoms with van der Waals surface area (Å²) in [4.78, 5) is 3.59. The Morgan fingerprint density at radius 2 is 1.89 bits per heavy atom. The molecular weight excluding hydrogens is 403 g/mol. The average Bonchev–Trinajstić information content (AvgIpc) is 3.02. The van der Waals surface area contributed by atoms with Crippen molar-refractivity contribution in [3.63, 3.8) is 0 Å². The standard InChI is InChI=1S/C17H15ClF3N3O2S/c1-10-2-3-11(8-14(10)18)16-23-15(17(19,20)21)9-24(16)12-4-6-13(7-5-12)27(22,25)26/h3-10H,2H2,1H3,(H2,22,25,26). The lowest BCUT2D eigenvalue weighted by atomic mass is 9.97. The molecule has 0 saturated heterocycles. The van der Waals surface area contributed by atoms with Gasteiger partial charge in [-0.15, -0.1) is 0 Å². The van der Waals surface area contributed by atoms with E-state index < -0.39 is 21.9 Å². The maximum Gasteiger partial charge on any atom is 0.434 e. The van der Waals surface area contributed by atoms with Crippen LogP contribution in [-0.4, -0.2) is 18.0 Å². The molecule has 1 aliphatic rings. The highest BCUT2D eigenvalue weighted by molar-refractivity contribution is 7.89. The smallest absolute Gasteiger partial charge is 0.299 e. The first-order valence-electron chi connectivity index (χ1n) is 7.84. The van der Waals surface area contributed by atoms with Crippen LogP contribution < -0.4 is 5.14 Å². The van der Waals surface area contributed by atoms with E-state index >= 15 is 0 Å². The monoisotopic (exact) mass is 417 g/mol. The maximum absolute atomic E-state index is 13.2. The van der Waals surface area contributed by atoms with Crippen LogP contribution in [0.5, 0.6) is 0 Å². The number of primary sulfonamides is 1. The van der Waals surface area contributed by atoms with E-state index in [4.69, 9.17) is 16.7 Å². The number of aromatic nitrogens is 2. The molecule has 3 rings (SSSR count). The first kappa shape index (κ1) is 19.7. The van der Waals surface area contributed by atoms with Crippen LogP contribution in [0.4, 0.5) is 13.2 Å². The van der Waals surface area contributed by atoms with E-state index in [1.165, 1.54) is 28.8 Å². The molecule has 0 radical (unpaired) electrons. The third-order valence-electron chi connectivity index (χ3n) is 4.15. The van der Waals surface area contributed by atoms with Gasteiger partial charge in [-0.1, -0.05) is 24.6 Å². The van der Waals surface area contributed by atoms with Gasteiger partial charge in [0, 0.05) is 22.5 Å². The molecule has 27 heavy (non-hydrogen) atoms. The predicted octanol–water partition coefficient (Wildman–Crippen LogP) is 4.08. The molecule has 0 aliphatic heterocycles. The molecule has 5 nitrogen and oxygen atoms in total. The Morgan fingerprint density at radius 3 is 2.41 bits per heavy atom. The first-order chi connectivity index (χ1) is 12.5. The predicted molar refractivity (Wildman–Crippen MR) is 95.6 cm³/mol. The zero-order valence-corrected chi connectivity index (χ0v) is 15.6. The molecule has 2 aromatic rings. The highest BCUT2D eigenvalue weighted by Gasteiger charge is 2.35. The van der Waals surface area contributed by atoms with Gasteiger partial charge in [-0.3, -0.25) is 4.57 Å². The van der Waals surface area contributed by atoms with Crippen LogP contribution in [0.1, 0.15) is 24.9 Å². The quantitative estimate of drug-likeness (QED) is 0.817. The van der Waals surface area contributed by atoms with Gasteiger partial charge in [-0.05, 0) is 42.7 Å². The van der Waals surface area contributed by atoms with Crippen molar-refractivity contribution in [1.29, 1.82) is 0 Å². The molecule has 0 saturated carbocycles. The van der Waals surface area contributed by atoms with Crippen molar-refractivity contribution in [3.05, 3.63) is 59.2 Å². The Hall–Kier alpha value is -2.10. The number of alkyl halides is 3. The zero-order chi connectivity index (χ0) is 20.0. The second kappa shape index (κ2) is 6.81. The molecule has 1 aliphatic carbocycles. The Bertz CT molecular complexity index is 1040. The van der Waals surface area contributed by atoms with Gasteiger partial charge in [0.1, 0.15) is 5.82 Å². The molecule has 0 spiro atoms. The van der Waals surface area contributed by atoms with Crippen LogP contribution in [0.25, 0.3) is 11.3 Å². The van der Waals surface area contributed by atoms with E-state index in [-0.39, 0.29) is 16.6 Å². The van der Waals surface area contributed by atoms with Crippen LogP contribution in [0.2, 0.25) is 0 Å². The number of hydrogen-bond acceptors (Lipinski definition) is 3. The fraction of sp³-hybridized carbons (Fsp3) is 0.235. The van der Waals surface area contributed by atoms with Crippen molar-refractivity contribution in [1.82, 2.24) is 9.55 Å². The van der Waals surface area contributed by atoms with Crippen LogP contribution >= 0.6 is 11.6 Å². The number of nitrogens with zero attached hydrogens (tertiary/aromatic N) is 2. The number of nitrogens with two attached hydrogens (primary N) is 1. The molecule has 2 N–H and O–H groups in total. The lowest BCUT2D eigenvalue weighted by molar-refractivity contribution is -0.140. The van der Waals surface area contributed by atoms with E-state index in [9.17, 15) is 21.6 Å². The van der Waals surface area contributed by atoms with Gasteiger partial charge in [0.2, 0.25) is 10.0 Å². The molecule has 1 atom stereocenters. The number of allylic oxidation sites excluding steroid dienone is 4. The molecule has 0 fully saturated rings. The van der Waals surface area contributed by atoms with Gasteiger partial charge in [-0.25, -0.2) is 18.5 Å². The van der Waals surface area contributed by atoms with E-state index in [0.717, 1.165) is 6.20 Å². The van der Waals surface area contributed by atoms with Crippen LogP contribution in [0.3, 0.4) is 0 Å². The summed E-state index contributed by atoms with van der Waals surface area (Å²) in [6.07, 6.45) is 0.170. The Labute approximate surface area is 159 Å². The number of benzene rings is 1. The highest BCUT2D eigenvalue weighted by Crippen LogP contribution is 2.35. The van der Waals surface area contributed by atoms with Crippen molar-refractivity contribution in [2.75, 3.05) is 0 Å². The summed E-state index contributed by atoms with van der Waals surface area (Å²) in [7, 11) is -3.91. The van der Waals surface area contributed by atoms with Gasteiger partial charge >= 0.3 is 6.18 Å². The number of sulfonamides is 1. The van der Waals surface area contributed by atoms with Crippen molar-refractivity contribution < 1.29 is 21.6 Å². The van der Waals surface area contributed by atoms with Crippen molar-refractivity contribution in [2.45, 2.75) is 24.4 Å². The van der Waals surface area contributed by atoms with Gasteiger partial charge < -0.3 is 0 Å². The van der Waals surface area contributed by atoms with Crippen LogP contribution in [0.15, 0.2) is 52.5 Å². The topological polar surface area (TPSA) is 78.0 Å². The average molecular weight is 418 g/mol. The Balaban J connectivity index is 2.13. The summed E-state index contributed by atoms with van der Waals surface area (Å²) in [5, 5.41) is 5.58. The minimum absolute atomic E-state index is 0.0655. The SMILES string of the molecule is CC1CC=C(c2nc(C(F)(F)F)cn2-c2ccc(S(N)(=O)=O)cc2)C=C1Cl. The fourth-order valence-electron chi connectivity index (χ4n) is 2.64. The molecule has 0 bridgehead atoms. The van der Waals surface area contributed by atoms with E-state index in [1.54, 1.807) is 12.2 Å². The summed E-state index contributed by atoms with van der Waals surface area (Å²) in [5.41, 5.74) is -0.286. The van der Waals surface area contributed by atoms with Crippen molar-refractivity contribution in [3.8, 4) is 5.69 Å². The summed E-state index contributed by atoms with van der Waals surface area (Å²) in [6.45, 7) is 1.91. The second-order valence-electron chi connectivity index (χ2n) is 6.18. The van der Waals surface area contributed by atoms with Crippen LogP contribution in [-0.2, 0) is 16.2 Å². The number of rotatable bonds is 3. The lowest BCUT2D eigenvalue weighted by Crippen LogP contribution is -2.12. The Kier molecular flexibility index (Phi) is 4.96. The van der Waals surface area contributed by atoms with Gasteiger partial charge in [0.05, 0.1) is 4.90 Å².